The van der Waals surface area contributed by atoms with Crippen molar-refractivity contribution >= 4 is 17.5 Å². The van der Waals surface area contributed by atoms with Gasteiger partial charge in [-0.3, -0.25) is 9.59 Å². The van der Waals surface area contributed by atoms with Crippen LogP contribution in [0.3, 0.4) is 0 Å². The summed E-state index contributed by atoms with van der Waals surface area (Å²) < 4.78 is 1.69. The molecule has 2 amide bonds. The second kappa shape index (κ2) is 7.59. The molecule has 0 saturated carbocycles. The summed E-state index contributed by atoms with van der Waals surface area (Å²) in [6.45, 7) is 3.46. The summed E-state index contributed by atoms with van der Waals surface area (Å²) in [5.74, 6) is 0.526. The highest BCUT2D eigenvalue weighted by molar-refractivity contribution is 6.01. The Morgan fingerprint density at radius 1 is 1.04 bits per heavy atom. The van der Waals surface area contributed by atoms with E-state index in [1.165, 1.54) is 0 Å². The minimum Gasteiger partial charge on any atom is -0.328 e. The zero-order valence-electron chi connectivity index (χ0n) is 15.5. The average molecular weight is 376 g/mol. The van der Waals surface area contributed by atoms with E-state index in [1.807, 2.05) is 49.4 Å². The zero-order chi connectivity index (χ0) is 19.5. The number of hydrogen-bond acceptors (Lipinski definition) is 5. The van der Waals surface area contributed by atoms with Crippen molar-refractivity contribution in [2.75, 3.05) is 24.5 Å². The lowest BCUT2D eigenvalue weighted by molar-refractivity contribution is -0.120. The summed E-state index contributed by atoms with van der Waals surface area (Å²) in [5, 5.41) is 11.4. The number of carbonyl (C=O) groups is 2. The molecule has 28 heavy (non-hydrogen) atoms. The van der Waals surface area contributed by atoms with Gasteiger partial charge in [0.15, 0.2) is 0 Å². The third-order valence-electron chi connectivity index (χ3n) is 4.82. The first-order chi connectivity index (χ1) is 13.6. The van der Waals surface area contributed by atoms with Crippen LogP contribution in [0.15, 0.2) is 54.6 Å². The van der Waals surface area contributed by atoms with E-state index in [9.17, 15) is 9.59 Å². The number of aryl methyl sites for hydroxylation is 1. The van der Waals surface area contributed by atoms with Gasteiger partial charge >= 0.3 is 0 Å². The number of rotatable bonds is 4. The average Bonchev–Trinajstić information content (AvgIpc) is 3.13. The number of anilines is 1. The molecule has 0 unspecified atom stereocenters. The summed E-state index contributed by atoms with van der Waals surface area (Å²) in [6.07, 6.45) is 0. The first-order valence-electron chi connectivity index (χ1n) is 9.08. The maximum atomic E-state index is 12.8. The molecule has 4 rings (SSSR count). The number of amides is 2. The number of carbonyl (C=O) groups excluding carboxylic acids is 2. The van der Waals surface area contributed by atoms with E-state index in [4.69, 9.17) is 0 Å². The molecule has 1 aromatic heterocycles. The number of benzene rings is 2. The van der Waals surface area contributed by atoms with Crippen molar-refractivity contribution in [3.8, 4) is 0 Å². The minimum absolute atomic E-state index is 0.0726. The standard InChI is InChI=1S/C20H20N6O2/c1-15-21-22-23-26(15)13-16-7-9-17(10-8-16)20(28)24-11-12-25(19(27)14-24)18-5-3-2-4-6-18/h2-10H,11-14H2,1H3. The summed E-state index contributed by atoms with van der Waals surface area (Å²) >= 11 is 0. The molecular formula is C20H20N6O2. The summed E-state index contributed by atoms with van der Waals surface area (Å²) in [5.41, 5.74) is 2.43. The Morgan fingerprint density at radius 3 is 2.43 bits per heavy atom. The summed E-state index contributed by atoms with van der Waals surface area (Å²) in [6, 6.07) is 16.9. The van der Waals surface area contributed by atoms with Crippen molar-refractivity contribution in [1.82, 2.24) is 25.1 Å². The van der Waals surface area contributed by atoms with Crippen LogP contribution < -0.4 is 4.90 Å². The fourth-order valence-corrected chi connectivity index (χ4v) is 3.23. The second-order valence-electron chi connectivity index (χ2n) is 6.69. The molecule has 1 aliphatic heterocycles. The highest BCUT2D eigenvalue weighted by Gasteiger charge is 2.28. The molecule has 2 aromatic carbocycles. The third kappa shape index (κ3) is 3.62. The molecule has 2 heterocycles. The number of tetrazole rings is 1. The molecule has 8 nitrogen and oxygen atoms in total. The molecule has 0 aliphatic carbocycles. The van der Waals surface area contributed by atoms with Crippen molar-refractivity contribution in [3.05, 3.63) is 71.5 Å². The summed E-state index contributed by atoms with van der Waals surface area (Å²) in [7, 11) is 0. The fourth-order valence-electron chi connectivity index (χ4n) is 3.23. The highest BCUT2D eigenvalue weighted by atomic mass is 16.2. The molecule has 0 spiro atoms. The Kier molecular flexibility index (Phi) is 4.84. The topological polar surface area (TPSA) is 84.2 Å². The zero-order valence-corrected chi connectivity index (χ0v) is 15.5. The predicted molar refractivity (Wildman–Crippen MR) is 103 cm³/mol. The number of para-hydroxylation sites is 1. The van der Waals surface area contributed by atoms with Gasteiger partial charge in [-0.2, -0.15) is 0 Å². The monoisotopic (exact) mass is 376 g/mol. The Morgan fingerprint density at radius 2 is 1.79 bits per heavy atom. The third-order valence-corrected chi connectivity index (χ3v) is 4.82. The minimum atomic E-state index is -0.133. The van der Waals surface area contributed by atoms with Crippen LogP contribution in [-0.2, 0) is 11.3 Å². The highest BCUT2D eigenvalue weighted by Crippen LogP contribution is 2.18. The molecule has 0 bridgehead atoms. The fraction of sp³-hybridized carbons (Fsp3) is 0.250. The Labute approximate surface area is 162 Å². The van der Waals surface area contributed by atoms with Gasteiger partial charge in [0.25, 0.3) is 5.91 Å². The molecule has 8 heteroatoms. The van der Waals surface area contributed by atoms with Crippen LogP contribution >= 0.6 is 0 Å². The second-order valence-corrected chi connectivity index (χ2v) is 6.69. The first-order valence-corrected chi connectivity index (χ1v) is 9.08. The number of piperazine rings is 1. The Bertz CT molecular complexity index is 983. The van der Waals surface area contributed by atoms with E-state index in [0.29, 0.717) is 25.2 Å². The summed E-state index contributed by atoms with van der Waals surface area (Å²) in [4.78, 5) is 28.6. The van der Waals surface area contributed by atoms with Crippen LogP contribution in [0.1, 0.15) is 21.7 Å². The number of nitrogens with zero attached hydrogens (tertiary/aromatic N) is 6. The molecule has 1 fully saturated rings. The molecule has 0 radical (unpaired) electrons. The quantitative estimate of drug-likeness (QED) is 0.689. The van der Waals surface area contributed by atoms with E-state index >= 15 is 0 Å². The van der Waals surface area contributed by atoms with E-state index in [1.54, 1.807) is 26.6 Å². The van der Waals surface area contributed by atoms with Gasteiger partial charge in [0, 0.05) is 24.3 Å². The Hall–Kier alpha value is -3.55. The van der Waals surface area contributed by atoms with Crippen molar-refractivity contribution in [2.24, 2.45) is 0 Å². The largest absolute Gasteiger partial charge is 0.328 e. The SMILES string of the molecule is Cc1nnnn1Cc1ccc(C(=O)N2CCN(c3ccccc3)C(=O)C2)cc1. The smallest absolute Gasteiger partial charge is 0.254 e. The maximum absolute atomic E-state index is 12.8. The van der Waals surface area contributed by atoms with E-state index in [-0.39, 0.29) is 18.4 Å². The van der Waals surface area contributed by atoms with Crippen molar-refractivity contribution in [1.29, 1.82) is 0 Å². The molecule has 1 saturated heterocycles. The first kappa shape index (κ1) is 17.8. The molecule has 0 N–H and O–H groups in total. The van der Waals surface area contributed by atoms with Crippen LogP contribution in [-0.4, -0.2) is 56.6 Å². The lowest BCUT2D eigenvalue weighted by Gasteiger charge is -2.34. The van der Waals surface area contributed by atoms with Gasteiger partial charge in [0.05, 0.1) is 6.54 Å². The van der Waals surface area contributed by atoms with E-state index < -0.39 is 0 Å². The van der Waals surface area contributed by atoms with Crippen molar-refractivity contribution < 1.29 is 9.59 Å². The van der Waals surface area contributed by atoms with Crippen LogP contribution in [0.5, 0.6) is 0 Å². The van der Waals surface area contributed by atoms with Gasteiger partial charge in [-0.15, -0.1) is 5.10 Å². The van der Waals surface area contributed by atoms with E-state index in [2.05, 4.69) is 15.5 Å². The van der Waals surface area contributed by atoms with Gasteiger partial charge < -0.3 is 9.80 Å². The predicted octanol–water partition coefficient (Wildman–Crippen LogP) is 1.52. The van der Waals surface area contributed by atoms with Crippen LogP contribution in [0.25, 0.3) is 0 Å². The van der Waals surface area contributed by atoms with Crippen LogP contribution in [0.2, 0.25) is 0 Å². The van der Waals surface area contributed by atoms with Crippen molar-refractivity contribution in [3.63, 3.8) is 0 Å². The maximum Gasteiger partial charge on any atom is 0.254 e. The molecular weight excluding hydrogens is 356 g/mol. The molecule has 1 aliphatic rings. The van der Waals surface area contributed by atoms with Gasteiger partial charge in [0.2, 0.25) is 5.91 Å². The molecule has 142 valence electrons. The van der Waals surface area contributed by atoms with Gasteiger partial charge in [-0.05, 0) is 47.2 Å². The lowest BCUT2D eigenvalue weighted by Crippen LogP contribution is -2.52. The van der Waals surface area contributed by atoms with Gasteiger partial charge in [-0.1, -0.05) is 30.3 Å². The molecule has 3 aromatic rings. The number of hydrogen-bond donors (Lipinski definition) is 0. The van der Waals surface area contributed by atoms with Gasteiger partial charge in [0.1, 0.15) is 12.4 Å². The lowest BCUT2D eigenvalue weighted by atomic mass is 10.1. The number of aromatic nitrogens is 4. The normalized spacial score (nSPS) is 14.4. The van der Waals surface area contributed by atoms with Crippen LogP contribution in [0, 0.1) is 6.92 Å². The van der Waals surface area contributed by atoms with E-state index in [0.717, 1.165) is 17.1 Å². The van der Waals surface area contributed by atoms with Gasteiger partial charge in [-0.25, -0.2) is 4.68 Å². The van der Waals surface area contributed by atoms with Crippen molar-refractivity contribution in [2.45, 2.75) is 13.5 Å². The Balaban J connectivity index is 1.41. The molecule has 0 atom stereocenters. The van der Waals surface area contributed by atoms with Crippen LogP contribution in [0.4, 0.5) is 5.69 Å².